The van der Waals surface area contributed by atoms with Crippen LogP contribution < -0.4 is 11.1 Å². The second kappa shape index (κ2) is 9.18. The molecular weight excluding hydrogens is 282 g/mol. The van der Waals surface area contributed by atoms with E-state index in [-0.39, 0.29) is 11.3 Å². The van der Waals surface area contributed by atoms with Gasteiger partial charge in [0, 0.05) is 18.0 Å². The third-order valence-electron chi connectivity index (χ3n) is 3.38. The summed E-state index contributed by atoms with van der Waals surface area (Å²) >= 11 is 1.73. The highest BCUT2D eigenvalue weighted by Crippen LogP contribution is 2.15. The fraction of sp³-hybridized carbons (Fsp3) is 0.688. The van der Waals surface area contributed by atoms with E-state index in [1.165, 1.54) is 4.88 Å². The van der Waals surface area contributed by atoms with Crippen LogP contribution in [0.4, 0.5) is 0 Å². The summed E-state index contributed by atoms with van der Waals surface area (Å²) in [6.45, 7) is 10.0. The largest absolute Gasteiger partial charge is 0.355 e. The lowest BCUT2D eigenvalue weighted by Crippen LogP contribution is -2.44. The lowest BCUT2D eigenvalue weighted by Gasteiger charge is -2.31. The maximum Gasteiger partial charge on any atom is 0.234 e. The molecule has 0 unspecified atom stereocenters. The third kappa shape index (κ3) is 7.60. The molecule has 0 aliphatic heterocycles. The topological polar surface area (TPSA) is 58.4 Å². The van der Waals surface area contributed by atoms with Gasteiger partial charge in [-0.3, -0.25) is 9.69 Å². The van der Waals surface area contributed by atoms with Gasteiger partial charge in [0.15, 0.2) is 0 Å². The van der Waals surface area contributed by atoms with Gasteiger partial charge in [-0.2, -0.15) is 0 Å². The van der Waals surface area contributed by atoms with Crippen LogP contribution in [0.3, 0.4) is 0 Å². The molecule has 0 aliphatic carbocycles. The molecule has 0 saturated carbocycles. The summed E-state index contributed by atoms with van der Waals surface area (Å²) in [4.78, 5) is 15.6. The Balaban J connectivity index is 2.34. The van der Waals surface area contributed by atoms with E-state index in [2.05, 4.69) is 42.4 Å². The first-order valence-electron chi connectivity index (χ1n) is 7.68. The second-order valence-corrected chi connectivity index (χ2v) is 7.29. The van der Waals surface area contributed by atoms with E-state index in [1.54, 1.807) is 11.3 Å². The van der Waals surface area contributed by atoms with Crippen molar-refractivity contribution in [3.63, 3.8) is 0 Å². The van der Waals surface area contributed by atoms with E-state index < -0.39 is 0 Å². The predicted molar refractivity (Wildman–Crippen MR) is 90.6 cm³/mol. The van der Waals surface area contributed by atoms with Crippen LogP contribution in [-0.2, 0) is 11.2 Å². The molecule has 1 heterocycles. The van der Waals surface area contributed by atoms with E-state index in [0.717, 1.165) is 25.9 Å². The van der Waals surface area contributed by atoms with Crippen molar-refractivity contribution < 1.29 is 4.79 Å². The maximum absolute atomic E-state index is 12.1. The number of amides is 1. The zero-order valence-corrected chi connectivity index (χ0v) is 14.3. The van der Waals surface area contributed by atoms with Crippen LogP contribution in [0.1, 0.15) is 32.1 Å². The zero-order valence-electron chi connectivity index (χ0n) is 13.5. The number of carbonyl (C=O) groups is 1. The first kappa shape index (κ1) is 18.1. The summed E-state index contributed by atoms with van der Waals surface area (Å²) in [5, 5.41) is 5.07. The number of thiophene rings is 1. The minimum Gasteiger partial charge on any atom is -0.355 e. The Morgan fingerprint density at radius 2 is 2.24 bits per heavy atom. The number of carbonyl (C=O) groups excluding carboxylic acids is 1. The minimum atomic E-state index is 0.0480. The van der Waals surface area contributed by atoms with Gasteiger partial charge in [0.1, 0.15) is 0 Å². The van der Waals surface area contributed by atoms with Crippen LogP contribution in [0.15, 0.2) is 17.5 Å². The first-order valence-corrected chi connectivity index (χ1v) is 8.56. The number of nitrogens with zero attached hydrogens (tertiary/aromatic N) is 1. The molecule has 0 aliphatic rings. The average Bonchev–Trinajstić information content (AvgIpc) is 2.91. The molecule has 1 rings (SSSR count). The lowest BCUT2D eigenvalue weighted by molar-refractivity contribution is -0.122. The average molecular weight is 311 g/mol. The van der Waals surface area contributed by atoms with Gasteiger partial charge in [-0.1, -0.05) is 26.8 Å². The summed E-state index contributed by atoms with van der Waals surface area (Å²) in [7, 11) is 0. The monoisotopic (exact) mass is 311 g/mol. The molecule has 0 spiro atoms. The Hall–Kier alpha value is -0.910. The van der Waals surface area contributed by atoms with Gasteiger partial charge in [-0.15, -0.1) is 11.3 Å². The molecule has 3 N–H and O–H groups in total. The fourth-order valence-electron chi connectivity index (χ4n) is 2.24. The highest BCUT2D eigenvalue weighted by atomic mass is 32.1. The van der Waals surface area contributed by atoms with Gasteiger partial charge in [-0.05, 0) is 42.8 Å². The molecule has 0 atom stereocenters. The third-order valence-corrected chi connectivity index (χ3v) is 4.32. The number of nitrogens with one attached hydrogen (secondary N) is 1. The highest BCUT2D eigenvalue weighted by Gasteiger charge is 2.21. The van der Waals surface area contributed by atoms with Crippen LogP contribution in [0.5, 0.6) is 0 Å². The van der Waals surface area contributed by atoms with Crippen LogP contribution >= 0.6 is 11.3 Å². The Morgan fingerprint density at radius 1 is 1.48 bits per heavy atom. The Kier molecular flexibility index (Phi) is 7.93. The molecule has 0 radical (unpaired) electrons. The van der Waals surface area contributed by atoms with Crippen molar-refractivity contribution in [2.45, 2.75) is 33.6 Å². The molecule has 1 aromatic heterocycles. The Bertz CT molecular complexity index is 404. The number of hydrogen-bond donors (Lipinski definition) is 2. The highest BCUT2D eigenvalue weighted by molar-refractivity contribution is 7.09. The van der Waals surface area contributed by atoms with Crippen molar-refractivity contribution in [2.75, 3.05) is 32.7 Å². The smallest absolute Gasteiger partial charge is 0.234 e. The molecule has 120 valence electrons. The summed E-state index contributed by atoms with van der Waals surface area (Å²) in [6, 6.07) is 4.14. The Labute approximate surface area is 132 Å². The quantitative estimate of drug-likeness (QED) is 0.696. The molecule has 4 nitrogen and oxygen atoms in total. The van der Waals surface area contributed by atoms with Crippen LogP contribution in [0.2, 0.25) is 0 Å². The van der Waals surface area contributed by atoms with Gasteiger partial charge in [-0.25, -0.2) is 0 Å². The van der Waals surface area contributed by atoms with Gasteiger partial charge < -0.3 is 11.1 Å². The van der Waals surface area contributed by atoms with Crippen molar-refractivity contribution in [3.8, 4) is 0 Å². The Morgan fingerprint density at radius 3 is 2.81 bits per heavy atom. The standard InChI is InChI=1S/C16H29N3OS/c1-4-9-19(13-16(2,3)12-17)11-15(20)18-8-7-14-6-5-10-21-14/h5-6,10H,4,7-9,11-13,17H2,1-3H3,(H,18,20). The van der Waals surface area contributed by atoms with E-state index in [4.69, 9.17) is 5.73 Å². The van der Waals surface area contributed by atoms with E-state index in [0.29, 0.717) is 19.6 Å². The molecule has 21 heavy (non-hydrogen) atoms. The van der Waals surface area contributed by atoms with Crippen molar-refractivity contribution >= 4 is 17.2 Å². The summed E-state index contributed by atoms with van der Waals surface area (Å²) in [6.07, 6.45) is 1.95. The lowest BCUT2D eigenvalue weighted by atomic mass is 9.93. The normalized spacial score (nSPS) is 11.9. The SMILES string of the molecule is CCCN(CC(=O)NCCc1cccs1)CC(C)(C)CN. The summed E-state index contributed by atoms with van der Waals surface area (Å²) < 4.78 is 0. The molecule has 0 aromatic carbocycles. The van der Waals surface area contributed by atoms with Gasteiger partial charge >= 0.3 is 0 Å². The van der Waals surface area contributed by atoms with Gasteiger partial charge in [0.25, 0.3) is 0 Å². The van der Waals surface area contributed by atoms with Gasteiger partial charge in [0.05, 0.1) is 6.54 Å². The molecule has 0 saturated heterocycles. The van der Waals surface area contributed by atoms with E-state index in [1.807, 2.05) is 6.07 Å². The van der Waals surface area contributed by atoms with Gasteiger partial charge in [0.2, 0.25) is 5.91 Å². The van der Waals surface area contributed by atoms with E-state index >= 15 is 0 Å². The number of nitrogens with two attached hydrogens (primary N) is 1. The van der Waals surface area contributed by atoms with Crippen LogP contribution in [0, 0.1) is 5.41 Å². The zero-order chi connectivity index (χ0) is 15.7. The maximum atomic E-state index is 12.1. The second-order valence-electron chi connectivity index (χ2n) is 6.26. The number of hydrogen-bond acceptors (Lipinski definition) is 4. The van der Waals surface area contributed by atoms with Crippen LogP contribution in [-0.4, -0.2) is 43.5 Å². The van der Waals surface area contributed by atoms with Crippen LogP contribution in [0.25, 0.3) is 0 Å². The van der Waals surface area contributed by atoms with Crippen molar-refractivity contribution in [1.29, 1.82) is 0 Å². The molecule has 1 amide bonds. The summed E-state index contributed by atoms with van der Waals surface area (Å²) in [5.41, 5.74) is 5.84. The van der Waals surface area contributed by atoms with E-state index in [9.17, 15) is 4.79 Å². The summed E-state index contributed by atoms with van der Waals surface area (Å²) in [5.74, 6) is 0.104. The molecular formula is C16H29N3OS. The van der Waals surface area contributed by atoms with Crippen molar-refractivity contribution in [2.24, 2.45) is 11.1 Å². The predicted octanol–water partition coefficient (Wildman–Crippen LogP) is 2.10. The molecule has 0 bridgehead atoms. The first-order chi connectivity index (χ1) is 9.96. The fourth-order valence-corrected chi connectivity index (χ4v) is 2.95. The molecule has 0 fully saturated rings. The molecule has 1 aromatic rings. The minimum absolute atomic E-state index is 0.0480. The van der Waals surface area contributed by atoms with Crippen molar-refractivity contribution in [3.05, 3.63) is 22.4 Å². The van der Waals surface area contributed by atoms with Crippen molar-refractivity contribution in [1.82, 2.24) is 10.2 Å². The number of rotatable bonds is 10. The molecule has 5 heteroatoms.